The summed E-state index contributed by atoms with van der Waals surface area (Å²) >= 11 is 0. The van der Waals surface area contributed by atoms with Crippen molar-refractivity contribution in [3.63, 3.8) is 0 Å². The fraction of sp³-hybridized carbons (Fsp3) is 0.250. The van der Waals surface area contributed by atoms with Crippen LogP contribution in [0.5, 0.6) is 0 Å². The molecule has 0 saturated heterocycles. The molecular weight excluding hydrogens is 209 g/mol. The van der Waals surface area contributed by atoms with Crippen LogP contribution in [-0.4, -0.2) is 0 Å². The molecule has 0 bridgehead atoms. The molecular formula is C12H12FNO2. The van der Waals surface area contributed by atoms with Gasteiger partial charge in [-0.1, -0.05) is 13.3 Å². The predicted molar refractivity (Wildman–Crippen MR) is 60.8 cm³/mol. The van der Waals surface area contributed by atoms with E-state index in [1.807, 2.05) is 6.92 Å². The molecule has 0 aliphatic heterocycles. The lowest BCUT2D eigenvalue weighted by molar-refractivity contribution is 0.552. The molecule has 1 aromatic heterocycles. The number of hydrogen-bond acceptors (Lipinski definition) is 3. The van der Waals surface area contributed by atoms with Crippen molar-refractivity contribution in [3.8, 4) is 0 Å². The van der Waals surface area contributed by atoms with Crippen LogP contribution >= 0.6 is 0 Å². The van der Waals surface area contributed by atoms with Gasteiger partial charge in [-0.25, -0.2) is 9.18 Å². The monoisotopic (exact) mass is 221 g/mol. The summed E-state index contributed by atoms with van der Waals surface area (Å²) in [4.78, 5) is 11.3. The van der Waals surface area contributed by atoms with E-state index >= 15 is 0 Å². The zero-order valence-electron chi connectivity index (χ0n) is 8.92. The van der Waals surface area contributed by atoms with Gasteiger partial charge in [0, 0.05) is 17.5 Å². The lowest BCUT2D eigenvalue weighted by Gasteiger charge is -2.05. The second-order valence-corrected chi connectivity index (χ2v) is 3.71. The molecule has 1 heterocycles. The van der Waals surface area contributed by atoms with Crippen LogP contribution in [0.15, 0.2) is 27.4 Å². The number of benzene rings is 1. The summed E-state index contributed by atoms with van der Waals surface area (Å²) in [7, 11) is 0. The molecule has 0 atom stereocenters. The van der Waals surface area contributed by atoms with E-state index < -0.39 is 11.4 Å². The average Bonchev–Trinajstić information content (AvgIpc) is 2.21. The number of halogens is 1. The van der Waals surface area contributed by atoms with E-state index in [0.29, 0.717) is 5.39 Å². The minimum absolute atomic E-state index is 0.0682. The van der Waals surface area contributed by atoms with Crippen molar-refractivity contribution in [1.82, 2.24) is 0 Å². The van der Waals surface area contributed by atoms with Crippen molar-refractivity contribution in [2.75, 3.05) is 5.73 Å². The molecule has 0 amide bonds. The van der Waals surface area contributed by atoms with Gasteiger partial charge in [-0.05, 0) is 18.1 Å². The van der Waals surface area contributed by atoms with Crippen molar-refractivity contribution in [3.05, 3.63) is 40.0 Å². The van der Waals surface area contributed by atoms with Crippen LogP contribution in [0.25, 0.3) is 11.0 Å². The Hall–Kier alpha value is -1.84. The zero-order valence-corrected chi connectivity index (χ0v) is 8.92. The maximum absolute atomic E-state index is 13.2. The van der Waals surface area contributed by atoms with Crippen LogP contribution in [-0.2, 0) is 6.42 Å². The summed E-state index contributed by atoms with van der Waals surface area (Å²) in [5.74, 6) is -0.565. The second-order valence-electron chi connectivity index (χ2n) is 3.71. The van der Waals surface area contributed by atoms with Crippen LogP contribution in [0.2, 0.25) is 0 Å². The Kier molecular flexibility index (Phi) is 2.64. The number of rotatable bonds is 2. The smallest absolute Gasteiger partial charge is 0.336 e. The predicted octanol–water partition coefficient (Wildman–Crippen LogP) is 2.47. The minimum Gasteiger partial charge on any atom is -0.423 e. The quantitative estimate of drug-likeness (QED) is 0.626. The number of nitrogen functional groups attached to an aromatic ring is 1. The van der Waals surface area contributed by atoms with Gasteiger partial charge in [-0.15, -0.1) is 0 Å². The van der Waals surface area contributed by atoms with Crippen molar-refractivity contribution in [1.29, 1.82) is 0 Å². The molecule has 2 rings (SSSR count). The summed E-state index contributed by atoms with van der Waals surface area (Å²) < 4.78 is 18.1. The number of anilines is 1. The van der Waals surface area contributed by atoms with Gasteiger partial charge < -0.3 is 10.2 Å². The number of hydrogen-bond donors (Lipinski definition) is 1. The van der Waals surface area contributed by atoms with Crippen molar-refractivity contribution >= 4 is 16.7 Å². The largest absolute Gasteiger partial charge is 0.423 e. The van der Waals surface area contributed by atoms with E-state index in [0.717, 1.165) is 24.5 Å². The van der Waals surface area contributed by atoms with Crippen LogP contribution in [0, 0.1) is 5.82 Å². The average molecular weight is 221 g/mol. The van der Waals surface area contributed by atoms with E-state index in [4.69, 9.17) is 10.2 Å². The van der Waals surface area contributed by atoms with Gasteiger partial charge in [0.05, 0.1) is 5.69 Å². The molecule has 0 unspecified atom stereocenters. The summed E-state index contributed by atoms with van der Waals surface area (Å²) in [6.07, 6.45) is 1.64. The van der Waals surface area contributed by atoms with Crippen molar-refractivity contribution < 1.29 is 8.81 Å². The van der Waals surface area contributed by atoms with Gasteiger partial charge in [0.2, 0.25) is 0 Å². The van der Waals surface area contributed by atoms with Gasteiger partial charge in [0.25, 0.3) is 0 Å². The standard InChI is InChI=1S/C12H12FNO2/c1-2-3-7-4-12(15)16-11-6-9(13)10(14)5-8(7)11/h4-6H,2-3,14H2,1H3. The van der Waals surface area contributed by atoms with Gasteiger partial charge >= 0.3 is 5.63 Å². The van der Waals surface area contributed by atoms with Gasteiger partial charge in [-0.2, -0.15) is 0 Å². The highest BCUT2D eigenvalue weighted by molar-refractivity contribution is 5.83. The maximum Gasteiger partial charge on any atom is 0.336 e. The Bertz CT molecular complexity index is 589. The molecule has 0 aliphatic rings. The van der Waals surface area contributed by atoms with E-state index in [1.54, 1.807) is 0 Å². The molecule has 0 fully saturated rings. The Labute approximate surface area is 91.7 Å². The fourth-order valence-electron chi connectivity index (χ4n) is 1.74. The molecule has 4 heteroatoms. The van der Waals surface area contributed by atoms with Gasteiger partial charge in [0.1, 0.15) is 11.4 Å². The fourth-order valence-corrected chi connectivity index (χ4v) is 1.74. The number of nitrogens with two attached hydrogens (primary N) is 1. The van der Waals surface area contributed by atoms with Crippen LogP contribution in [0.1, 0.15) is 18.9 Å². The first-order chi connectivity index (χ1) is 7.61. The Morgan fingerprint density at radius 3 is 2.81 bits per heavy atom. The summed E-state index contributed by atoms with van der Waals surface area (Å²) in [6, 6.07) is 4.10. The third kappa shape index (κ3) is 1.78. The first-order valence-electron chi connectivity index (χ1n) is 5.13. The molecule has 0 radical (unpaired) electrons. The zero-order chi connectivity index (χ0) is 11.7. The minimum atomic E-state index is -0.565. The molecule has 1 aromatic carbocycles. The molecule has 2 aromatic rings. The van der Waals surface area contributed by atoms with E-state index in [2.05, 4.69) is 0 Å². The number of fused-ring (bicyclic) bond motifs is 1. The molecule has 16 heavy (non-hydrogen) atoms. The first kappa shape index (κ1) is 10.7. The van der Waals surface area contributed by atoms with Gasteiger partial charge in [-0.3, -0.25) is 0 Å². The summed E-state index contributed by atoms with van der Waals surface area (Å²) in [5, 5.41) is 0.709. The van der Waals surface area contributed by atoms with E-state index in [9.17, 15) is 9.18 Å². The highest BCUT2D eigenvalue weighted by Crippen LogP contribution is 2.23. The lowest BCUT2D eigenvalue weighted by atomic mass is 10.1. The second kappa shape index (κ2) is 3.96. The molecule has 2 N–H and O–H groups in total. The Balaban J connectivity index is 2.79. The van der Waals surface area contributed by atoms with Crippen molar-refractivity contribution in [2.45, 2.75) is 19.8 Å². The first-order valence-corrected chi connectivity index (χ1v) is 5.13. The van der Waals surface area contributed by atoms with E-state index in [1.165, 1.54) is 12.1 Å². The van der Waals surface area contributed by atoms with Crippen LogP contribution < -0.4 is 11.4 Å². The number of aryl methyl sites for hydroxylation is 1. The highest BCUT2D eigenvalue weighted by Gasteiger charge is 2.08. The SMILES string of the molecule is CCCc1cc(=O)oc2cc(F)c(N)cc12. The third-order valence-electron chi connectivity index (χ3n) is 2.47. The van der Waals surface area contributed by atoms with E-state index in [-0.39, 0.29) is 11.3 Å². The highest BCUT2D eigenvalue weighted by atomic mass is 19.1. The van der Waals surface area contributed by atoms with Gasteiger partial charge in [0.15, 0.2) is 0 Å². The molecule has 3 nitrogen and oxygen atoms in total. The normalized spacial score (nSPS) is 10.9. The Morgan fingerprint density at radius 1 is 1.38 bits per heavy atom. The lowest BCUT2D eigenvalue weighted by Crippen LogP contribution is -2.02. The third-order valence-corrected chi connectivity index (χ3v) is 2.47. The van der Waals surface area contributed by atoms with Crippen LogP contribution in [0.3, 0.4) is 0 Å². The summed E-state index contributed by atoms with van der Waals surface area (Å²) in [6.45, 7) is 2.01. The van der Waals surface area contributed by atoms with Crippen LogP contribution in [0.4, 0.5) is 10.1 Å². The Morgan fingerprint density at radius 2 is 2.12 bits per heavy atom. The molecule has 0 aliphatic carbocycles. The molecule has 84 valence electrons. The maximum atomic E-state index is 13.2. The molecule has 0 spiro atoms. The summed E-state index contributed by atoms with van der Waals surface area (Å²) in [5.41, 5.74) is 6.20. The van der Waals surface area contributed by atoms with Crippen molar-refractivity contribution in [2.24, 2.45) is 0 Å². The topological polar surface area (TPSA) is 56.2 Å². The molecule has 0 saturated carbocycles.